The van der Waals surface area contributed by atoms with E-state index in [4.69, 9.17) is 0 Å². The summed E-state index contributed by atoms with van der Waals surface area (Å²) >= 11 is 0. The fraction of sp³-hybridized carbons (Fsp3) is 0.706. The summed E-state index contributed by atoms with van der Waals surface area (Å²) in [5.74, 6) is -0.462. The lowest BCUT2D eigenvalue weighted by Gasteiger charge is -2.18. The summed E-state index contributed by atoms with van der Waals surface area (Å²) in [7, 11) is 0. The minimum Gasteiger partial charge on any atom is -0.352 e. The normalized spacial score (nSPS) is 19.7. The van der Waals surface area contributed by atoms with E-state index < -0.39 is 18.3 Å². The van der Waals surface area contributed by atoms with Crippen molar-refractivity contribution in [1.82, 2.24) is 15.0 Å². The van der Waals surface area contributed by atoms with Crippen LogP contribution in [0.15, 0.2) is 6.08 Å². The van der Waals surface area contributed by atoms with Crippen molar-refractivity contribution < 1.29 is 17.6 Å². The summed E-state index contributed by atoms with van der Waals surface area (Å²) in [6.07, 6.45) is -1.98. The molecule has 0 spiro atoms. The minimum atomic E-state index is -4.23. The van der Waals surface area contributed by atoms with Crippen molar-refractivity contribution in [2.75, 3.05) is 5.32 Å². The van der Waals surface area contributed by atoms with Gasteiger partial charge in [-0.3, -0.25) is 0 Å². The molecular formula is C17H24F4N4. The van der Waals surface area contributed by atoms with Gasteiger partial charge >= 0.3 is 6.18 Å². The summed E-state index contributed by atoms with van der Waals surface area (Å²) < 4.78 is 51.8. The zero-order valence-corrected chi connectivity index (χ0v) is 14.7. The number of alkyl halides is 4. The molecule has 1 unspecified atom stereocenters. The number of nitrogens with one attached hydrogen (secondary N) is 1. The number of hydrogen-bond acceptors (Lipinski definition) is 4. The van der Waals surface area contributed by atoms with E-state index in [0.717, 1.165) is 6.92 Å². The Morgan fingerprint density at radius 2 is 1.92 bits per heavy atom. The molecule has 0 aliphatic heterocycles. The fourth-order valence-corrected chi connectivity index (χ4v) is 2.55. The first kappa shape index (κ1) is 19.6. The molecule has 0 amide bonds. The molecule has 1 heterocycles. The summed E-state index contributed by atoms with van der Waals surface area (Å²) in [5, 5.41) is 3.05. The highest BCUT2D eigenvalue weighted by Gasteiger charge is 2.35. The maximum atomic E-state index is 13.7. The molecule has 140 valence electrons. The van der Waals surface area contributed by atoms with Crippen LogP contribution in [0.25, 0.3) is 5.57 Å². The van der Waals surface area contributed by atoms with E-state index in [1.165, 1.54) is 0 Å². The van der Waals surface area contributed by atoms with E-state index >= 15 is 0 Å². The van der Waals surface area contributed by atoms with E-state index in [2.05, 4.69) is 20.3 Å². The van der Waals surface area contributed by atoms with Crippen LogP contribution in [0.4, 0.5) is 23.5 Å². The molecular weight excluding hydrogens is 336 g/mol. The minimum absolute atomic E-state index is 0.0615. The van der Waals surface area contributed by atoms with Crippen LogP contribution >= 0.6 is 0 Å². The molecule has 25 heavy (non-hydrogen) atoms. The Balaban J connectivity index is 2.23. The molecule has 0 saturated heterocycles. The third kappa shape index (κ3) is 5.93. The van der Waals surface area contributed by atoms with Crippen molar-refractivity contribution in [3.63, 3.8) is 0 Å². The number of rotatable bonds is 6. The lowest BCUT2D eigenvalue weighted by atomic mass is 9.97. The lowest BCUT2D eigenvalue weighted by Crippen LogP contribution is -2.21. The number of halogens is 4. The second kappa shape index (κ2) is 8.10. The molecule has 1 aromatic heterocycles. The molecule has 1 aromatic rings. The van der Waals surface area contributed by atoms with Gasteiger partial charge in [0, 0.05) is 18.9 Å². The molecule has 2 rings (SSSR count). The SMILES string of the molecule is CC(C)Nc1nc(CC[C@H](C)C(F)(F)F)nc(C2=CCCC(F)C2)n1. The van der Waals surface area contributed by atoms with E-state index in [9.17, 15) is 17.6 Å². The molecule has 0 bridgehead atoms. The topological polar surface area (TPSA) is 50.7 Å². The molecule has 2 atom stereocenters. The first-order valence-electron chi connectivity index (χ1n) is 8.56. The Bertz CT molecular complexity index is 613. The Labute approximate surface area is 145 Å². The molecule has 1 aliphatic rings. The van der Waals surface area contributed by atoms with Gasteiger partial charge in [-0.05, 0) is 38.7 Å². The molecule has 1 N–H and O–H groups in total. The molecule has 0 fully saturated rings. The van der Waals surface area contributed by atoms with Crippen LogP contribution in [0.2, 0.25) is 0 Å². The third-order valence-corrected chi connectivity index (χ3v) is 4.06. The van der Waals surface area contributed by atoms with Crippen LogP contribution in [0, 0.1) is 5.92 Å². The molecule has 8 heteroatoms. The predicted molar refractivity (Wildman–Crippen MR) is 88.8 cm³/mol. The van der Waals surface area contributed by atoms with Crippen LogP contribution in [0.3, 0.4) is 0 Å². The van der Waals surface area contributed by atoms with Gasteiger partial charge in [0.2, 0.25) is 5.95 Å². The number of allylic oxidation sites excluding steroid dienone is 2. The Morgan fingerprint density at radius 1 is 1.20 bits per heavy atom. The molecule has 4 nitrogen and oxygen atoms in total. The zero-order valence-electron chi connectivity index (χ0n) is 14.7. The van der Waals surface area contributed by atoms with Gasteiger partial charge in [0.05, 0.1) is 5.92 Å². The predicted octanol–water partition coefficient (Wildman–Crippen LogP) is 4.73. The maximum absolute atomic E-state index is 13.7. The second-order valence-electron chi connectivity index (χ2n) is 6.79. The van der Waals surface area contributed by atoms with Gasteiger partial charge in [-0.1, -0.05) is 13.0 Å². The lowest BCUT2D eigenvalue weighted by molar-refractivity contribution is -0.171. The first-order valence-corrected chi connectivity index (χ1v) is 8.56. The van der Waals surface area contributed by atoms with Gasteiger partial charge in [0.1, 0.15) is 12.0 Å². The van der Waals surface area contributed by atoms with Gasteiger partial charge in [0.25, 0.3) is 0 Å². The highest BCUT2D eigenvalue weighted by Crippen LogP contribution is 2.30. The molecule has 1 aliphatic carbocycles. The quantitative estimate of drug-likeness (QED) is 0.745. The van der Waals surface area contributed by atoms with Crippen molar-refractivity contribution in [3.8, 4) is 0 Å². The molecule has 0 radical (unpaired) electrons. The Hall–Kier alpha value is -1.73. The highest BCUT2D eigenvalue weighted by molar-refractivity contribution is 5.61. The van der Waals surface area contributed by atoms with Crippen molar-refractivity contribution in [2.45, 2.75) is 71.3 Å². The summed E-state index contributed by atoms with van der Waals surface area (Å²) in [6.45, 7) is 4.96. The first-order chi connectivity index (χ1) is 11.6. The second-order valence-corrected chi connectivity index (χ2v) is 6.79. The monoisotopic (exact) mass is 360 g/mol. The summed E-state index contributed by atoms with van der Waals surface area (Å²) in [5.41, 5.74) is 0.693. The van der Waals surface area contributed by atoms with Crippen molar-refractivity contribution in [3.05, 3.63) is 17.7 Å². The van der Waals surface area contributed by atoms with Crippen LogP contribution < -0.4 is 5.32 Å². The molecule has 0 saturated carbocycles. The van der Waals surface area contributed by atoms with Crippen molar-refractivity contribution in [2.24, 2.45) is 5.92 Å². The number of aromatic nitrogens is 3. The zero-order chi connectivity index (χ0) is 18.6. The van der Waals surface area contributed by atoms with Gasteiger partial charge in [-0.25, -0.2) is 9.37 Å². The van der Waals surface area contributed by atoms with Gasteiger partial charge in [-0.15, -0.1) is 0 Å². The Morgan fingerprint density at radius 3 is 2.52 bits per heavy atom. The van der Waals surface area contributed by atoms with Gasteiger partial charge < -0.3 is 5.32 Å². The standard InChI is InChI=1S/C17H24F4N4/c1-10(2)22-16-24-14(8-7-11(3)17(19,20)21)23-15(25-16)12-5-4-6-13(18)9-12/h5,10-11,13H,4,6-9H2,1-3H3,(H,22,23,24,25)/t11-,13?/m0/s1. The summed E-state index contributed by atoms with van der Waals surface area (Å²) in [6, 6.07) is 0.0615. The third-order valence-electron chi connectivity index (χ3n) is 4.06. The van der Waals surface area contributed by atoms with Crippen LogP contribution in [-0.4, -0.2) is 33.3 Å². The maximum Gasteiger partial charge on any atom is 0.391 e. The number of hydrogen-bond donors (Lipinski definition) is 1. The number of nitrogens with zero attached hydrogens (tertiary/aromatic N) is 3. The van der Waals surface area contributed by atoms with Gasteiger partial charge in [0.15, 0.2) is 5.82 Å². The number of aryl methyl sites for hydroxylation is 1. The highest BCUT2D eigenvalue weighted by atomic mass is 19.4. The Kier molecular flexibility index (Phi) is 6.35. The van der Waals surface area contributed by atoms with Crippen LogP contribution in [-0.2, 0) is 6.42 Å². The average molecular weight is 360 g/mol. The largest absolute Gasteiger partial charge is 0.391 e. The van der Waals surface area contributed by atoms with Crippen LogP contribution in [0.5, 0.6) is 0 Å². The van der Waals surface area contributed by atoms with E-state index in [0.29, 0.717) is 36.0 Å². The molecule has 0 aromatic carbocycles. The van der Waals surface area contributed by atoms with Crippen molar-refractivity contribution >= 4 is 11.5 Å². The van der Waals surface area contributed by atoms with E-state index in [1.54, 1.807) is 0 Å². The fourth-order valence-electron chi connectivity index (χ4n) is 2.55. The van der Waals surface area contributed by atoms with E-state index in [1.807, 2.05) is 19.9 Å². The van der Waals surface area contributed by atoms with Gasteiger partial charge in [-0.2, -0.15) is 23.1 Å². The summed E-state index contributed by atoms with van der Waals surface area (Å²) in [4.78, 5) is 12.8. The van der Waals surface area contributed by atoms with E-state index in [-0.39, 0.29) is 25.3 Å². The van der Waals surface area contributed by atoms with Crippen molar-refractivity contribution in [1.29, 1.82) is 0 Å². The smallest absolute Gasteiger partial charge is 0.352 e. The number of anilines is 1. The average Bonchev–Trinajstić information content (AvgIpc) is 2.50. The van der Waals surface area contributed by atoms with Crippen LogP contribution in [0.1, 0.15) is 58.1 Å².